The highest BCUT2D eigenvalue weighted by Gasteiger charge is 2.28. The fraction of sp³-hybridized carbons (Fsp3) is 0.167. The van der Waals surface area contributed by atoms with Crippen molar-refractivity contribution in [3.63, 3.8) is 0 Å². The van der Waals surface area contributed by atoms with Gasteiger partial charge in [-0.15, -0.1) is 0 Å². The van der Waals surface area contributed by atoms with Crippen molar-refractivity contribution in [2.75, 3.05) is 6.61 Å². The quantitative estimate of drug-likeness (QED) is 0.731. The van der Waals surface area contributed by atoms with Crippen molar-refractivity contribution in [3.8, 4) is 5.75 Å². The normalized spacial score (nSPS) is 11.5. The molecule has 0 saturated heterocycles. The minimum atomic E-state index is -4.39. The lowest BCUT2D eigenvalue weighted by atomic mass is 10.1. The van der Waals surface area contributed by atoms with Crippen LogP contribution in [0, 0.1) is 0 Å². The first-order valence-electron chi connectivity index (χ1n) is 7.54. The number of alkyl halides is 3. The van der Waals surface area contributed by atoms with Crippen LogP contribution < -0.4 is 10.1 Å². The van der Waals surface area contributed by atoms with Gasteiger partial charge in [0.2, 0.25) is 0 Å². The van der Waals surface area contributed by atoms with Crippen LogP contribution in [0.3, 0.4) is 0 Å². The monoisotopic (exact) mass is 348 g/mol. The third kappa shape index (κ3) is 4.53. The van der Waals surface area contributed by atoms with Crippen LogP contribution >= 0.6 is 0 Å². The van der Waals surface area contributed by atoms with E-state index in [-0.39, 0.29) is 11.7 Å². The third-order valence-corrected chi connectivity index (χ3v) is 3.59. The van der Waals surface area contributed by atoms with Crippen molar-refractivity contribution < 1.29 is 22.7 Å². The summed E-state index contributed by atoms with van der Waals surface area (Å²) in [5.41, 5.74) is 2.27. The first-order valence-corrected chi connectivity index (χ1v) is 7.54. The highest BCUT2D eigenvalue weighted by atomic mass is 19.4. The number of aromatic nitrogens is 1. The number of nitrogens with one attached hydrogen (secondary N) is 2. The van der Waals surface area contributed by atoms with Crippen LogP contribution in [0.2, 0.25) is 0 Å². The molecule has 1 amide bonds. The molecular weight excluding hydrogens is 333 g/mol. The summed E-state index contributed by atoms with van der Waals surface area (Å²) in [6.45, 7) is -1.01. The number of carbonyl (C=O) groups excluding carboxylic acids is 1. The number of hydrogen-bond acceptors (Lipinski definition) is 2. The molecule has 0 saturated carbocycles. The Hall–Kier alpha value is -2.96. The fourth-order valence-electron chi connectivity index (χ4n) is 2.36. The number of halogens is 3. The number of aromatic amines is 1. The summed E-state index contributed by atoms with van der Waals surface area (Å²) in [4.78, 5) is 15.2. The average Bonchev–Trinajstić information content (AvgIpc) is 3.05. The molecular formula is C18H15F3N2O2. The van der Waals surface area contributed by atoms with Gasteiger partial charge in [-0.25, -0.2) is 0 Å². The van der Waals surface area contributed by atoms with E-state index in [4.69, 9.17) is 0 Å². The van der Waals surface area contributed by atoms with E-state index < -0.39 is 12.8 Å². The molecule has 2 aromatic carbocycles. The van der Waals surface area contributed by atoms with Gasteiger partial charge < -0.3 is 15.0 Å². The summed E-state index contributed by atoms with van der Waals surface area (Å²) >= 11 is 0. The first-order chi connectivity index (χ1) is 11.9. The van der Waals surface area contributed by atoms with Gasteiger partial charge in [0.1, 0.15) is 5.75 Å². The van der Waals surface area contributed by atoms with Crippen LogP contribution in [-0.2, 0) is 6.54 Å². The van der Waals surface area contributed by atoms with Crippen molar-refractivity contribution in [1.29, 1.82) is 0 Å². The SMILES string of the molecule is O=C(NCc1ccc2cc[nH]c2c1)c1ccc(OCC(F)(F)F)cc1. The molecule has 0 spiro atoms. The first kappa shape index (κ1) is 16.9. The Balaban J connectivity index is 1.57. The van der Waals surface area contributed by atoms with E-state index in [1.54, 1.807) is 0 Å². The average molecular weight is 348 g/mol. The standard InChI is InChI=1S/C18H15F3N2O2/c19-18(20,21)11-25-15-5-3-14(4-6-15)17(24)23-10-12-1-2-13-7-8-22-16(13)9-12/h1-9,22H,10-11H2,(H,23,24). The molecule has 0 bridgehead atoms. The number of benzene rings is 2. The number of amides is 1. The van der Waals surface area contributed by atoms with Crippen LogP contribution in [0.25, 0.3) is 10.9 Å². The lowest BCUT2D eigenvalue weighted by molar-refractivity contribution is -0.153. The third-order valence-electron chi connectivity index (χ3n) is 3.59. The molecule has 4 nitrogen and oxygen atoms in total. The van der Waals surface area contributed by atoms with Crippen molar-refractivity contribution >= 4 is 16.8 Å². The smallest absolute Gasteiger partial charge is 0.422 e. The summed E-state index contributed by atoms with van der Waals surface area (Å²) in [7, 11) is 0. The van der Waals surface area contributed by atoms with E-state index in [1.165, 1.54) is 24.3 Å². The molecule has 0 aliphatic heterocycles. The molecule has 130 valence electrons. The highest BCUT2D eigenvalue weighted by Crippen LogP contribution is 2.19. The Morgan fingerprint density at radius 2 is 1.84 bits per heavy atom. The molecule has 0 atom stereocenters. The molecule has 0 aliphatic carbocycles. The zero-order valence-corrected chi connectivity index (χ0v) is 13.1. The van der Waals surface area contributed by atoms with Gasteiger partial charge in [0.05, 0.1) is 0 Å². The lowest BCUT2D eigenvalue weighted by Gasteiger charge is -2.10. The summed E-state index contributed by atoms with van der Waals surface area (Å²) < 4.78 is 40.9. The predicted molar refractivity (Wildman–Crippen MR) is 87.5 cm³/mol. The van der Waals surface area contributed by atoms with Gasteiger partial charge in [0.25, 0.3) is 5.91 Å². The number of rotatable bonds is 5. The lowest BCUT2D eigenvalue weighted by Crippen LogP contribution is -2.22. The molecule has 3 rings (SSSR count). The Morgan fingerprint density at radius 3 is 2.56 bits per heavy atom. The molecule has 1 heterocycles. The zero-order chi connectivity index (χ0) is 17.9. The molecule has 7 heteroatoms. The minimum absolute atomic E-state index is 0.0612. The van der Waals surface area contributed by atoms with Crippen molar-refractivity contribution in [2.45, 2.75) is 12.7 Å². The molecule has 2 N–H and O–H groups in total. The van der Waals surface area contributed by atoms with Crippen LogP contribution in [0.1, 0.15) is 15.9 Å². The van der Waals surface area contributed by atoms with Gasteiger partial charge >= 0.3 is 6.18 Å². The second kappa shape index (κ2) is 6.88. The molecule has 25 heavy (non-hydrogen) atoms. The van der Waals surface area contributed by atoms with Crippen LogP contribution in [-0.4, -0.2) is 23.7 Å². The highest BCUT2D eigenvalue weighted by molar-refractivity contribution is 5.94. The summed E-state index contributed by atoms with van der Waals surface area (Å²) in [5.74, 6) is -0.250. The van der Waals surface area contributed by atoms with E-state index in [2.05, 4.69) is 15.0 Å². The molecule has 0 unspecified atom stereocenters. The number of H-pyrrole nitrogens is 1. The second-order valence-electron chi connectivity index (χ2n) is 5.51. The predicted octanol–water partition coefficient (Wildman–Crippen LogP) is 4.04. The molecule has 0 aliphatic rings. The second-order valence-corrected chi connectivity index (χ2v) is 5.51. The van der Waals surface area contributed by atoms with Gasteiger partial charge in [-0.3, -0.25) is 4.79 Å². The van der Waals surface area contributed by atoms with E-state index in [0.717, 1.165) is 16.5 Å². The van der Waals surface area contributed by atoms with Crippen LogP contribution in [0.15, 0.2) is 54.7 Å². The topological polar surface area (TPSA) is 54.1 Å². The van der Waals surface area contributed by atoms with Crippen LogP contribution in [0.4, 0.5) is 13.2 Å². The molecule has 0 fully saturated rings. The maximum Gasteiger partial charge on any atom is 0.422 e. The minimum Gasteiger partial charge on any atom is -0.484 e. The molecule has 0 radical (unpaired) electrons. The fourth-order valence-corrected chi connectivity index (χ4v) is 2.36. The van der Waals surface area contributed by atoms with Crippen molar-refractivity contribution in [3.05, 3.63) is 65.9 Å². The molecule has 1 aromatic heterocycles. The van der Waals surface area contributed by atoms with Gasteiger partial charge in [0, 0.05) is 23.8 Å². The van der Waals surface area contributed by atoms with Crippen molar-refractivity contribution in [1.82, 2.24) is 10.3 Å². The van der Waals surface area contributed by atoms with E-state index in [1.807, 2.05) is 30.5 Å². The van der Waals surface area contributed by atoms with Gasteiger partial charge in [-0.2, -0.15) is 13.2 Å². The maximum atomic E-state index is 12.1. The number of fused-ring (bicyclic) bond motifs is 1. The maximum absolute atomic E-state index is 12.1. The Bertz CT molecular complexity index is 870. The van der Waals surface area contributed by atoms with E-state index in [0.29, 0.717) is 12.1 Å². The summed E-state index contributed by atoms with van der Waals surface area (Å²) in [5, 5.41) is 3.86. The summed E-state index contributed by atoms with van der Waals surface area (Å²) in [6, 6.07) is 13.3. The van der Waals surface area contributed by atoms with Gasteiger partial charge in [-0.05, 0) is 47.3 Å². The summed E-state index contributed by atoms with van der Waals surface area (Å²) in [6.07, 6.45) is -2.55. The van der Waals surface area contributed by atoms with E-state index in [9.17, 15) is 18.0 Å². The Morgan fingerprint density at radius 1 is 1.08 bits per heavy atom. The number of hydrogen-bond donors (Lipinski definition) is 2. The van der Waals surface area contributed by atoms with Gasteiger partial charge in [-0.1, -0.05) is 12.1 Å². The Labute approximate surface area is 141 Å². The van der Waals surface area contributed by atoms with Crippen LogP contribution in [0.5, 0.6) is 5.75 Å². The molecule has 3 aromatic rings. The zero-order valence-electron chi connectivity index (χ0n) is 13.1. The largest absolute Gasteiger partial charge is 0.484 e. The Kier molecular flexibility index (Phi) is 4.65. The van der Waals surface area contributed by atoms with E-state index >= 15 is 0 Å². The van der Waals surface area contributed by atoms with Crippen molar-refractivity contribution in [2.24, 2.45) is 0 Å². The van der Waals surface area contributed by atoms with Gasteiger partial charge in [0.15, 0.2) is 6.61 Å². The number of ether oxygens (including phenoxy) is 1. The number of carbonyl (C=O) groups is 1.